The summed E-state index contributed by atoms with van der Waals surface area (Å²) in [6.45, 7) is 0. The highest BCUT2D eigenvalue weighted by Crippen LogP contribution is 2.33. The molecular formula is C12H14BrClN4O. The summed E-state index contributed by atoms with van der Waals surface area (Å²) in [5, 5.41) is 4.78. The van der Waals surface area contributed by atoms with Gasteiger partial charge in [0.1, 0.15) is 5.69 Å². The average molecular weight is 346 g/mol. The lowest BCUT2D eigenvalue weighted by Crippen LogP contribution is -2.31. The molecule has 0 aliphatic heterocycles. The number of benzene rings is 1. The van der Waals surface area contributed by atoms with Crippen molar-refractivity contribution in [2.45, 2.75) is 6.04 Å². The van der Waals surface area contributed by atoms with Gasteiger partial charge in [0.15, 0.2) is 5.75 Å². The minimum atomic E-state index is -0.303. The smallest absolute Gasteiger partial charge is 0.161 e. The van der Waals surface area contributed by atoms with E-state index in [1.165, 1.54) is 0 Å². The van der Waals surface area contributed by atoms with Crippen LogP contribution >= 0.6 is 27.5 Å². The van der Waals surface area contributed by atoms with Gasteiger partial charge in [-0.2, -0.15) is 5.10 Å². The molecule has 0 aliphatic rings. The van der Waals surface area contributed by atoms with Gasteiger partial charge in [0.2, 0.25) is 0 Å². The topological polar surface area (TPSA) is 65.1 Å². The Morgan fingerprint density at radius 3 is 2.84 bits per heavy atom. The molecule has 19 heavy (non-hydrogen) atoms. The molecule has 2 rings (SSSR count). The Labute approximate surface area is 124 Å². The van der Waals surface area contributed by atoms with Crippen LogP contribution in [0, 0.1) is 0 Å². The van der Waals surface area contributed by atoms with Gasteiger partial charge in [-0.3, -0.25) is 10.5 Å². The van der Waals surface area contributed by atoms with Gasteiger partial charge in [-0.1, -0.05) is 33.6 Å². The van der Waals surface area contributed by atoms with Crippen LogP contribution in [0.15, 0.2) is 28.9 Å². The van der Waals surface area contributed by atoms with Crippen LogP contribution < -0.4 is 16.0 Å². The molecule has 0 saturated carbocycles. The zero-order valence-corrected chi connectivity index (χ0v) is 12.9. The van der Waals surface area contributed by atoms with Crippen LogP contribution in [-0.2, 0) is 7.05 Å². The first kappa shape index (κ1) is 14.3. The normalized spacial score (nSPS) is 12.5. The largest absolute Gasteiger partial charge is 0.493 e. The maximum absolute atomic E-state index is 6.27. The Balaban J connectivity index is 2.52. The van der Waals surface area contributed by atoms with E-state index in [-0.39, 0.29) is 6.04 Å². The van der Waals surface area contributed by atoms with Crippen molar-refractivity contribution in [1.29, 1.82) is 0 Å². The molecule has 1 unspecified atom stereocenters. The molecule has 1 aromatic heterocycles. The van der Waals surface area contributed by atoms with Crippen LogP contribution in [0.25, 0.3) is 0 Å². The number of hydrazine groups is 1. The molecule has 0 amide bonds. The van der Waals surface area contributed by atoms with E-state index in [1.807, 2.05) is 25.2 Å². The molecule has 0 radical (unpaired) electrons. The Bertz CT molecular complexity index is 587. The summed E-state index contributed by atoms with van der Waals surface area (Å²) in [6, 6.07) is 5.34. The van der Waals surface area contributed by atoms with Crippen LogP contribution in [0.5, 0.6) is 5.75 Å². The number of nitrogens with one attached hydrogen (secondary N) is 1. The molecule has 0 spiro atoms. The van der Waals surface area contributed by atoms with Crippen molar-refractivity contribution in [2.24, 2.45) is 12.9 Å². The summed E-state index contributed by atoms with van der Waals surface area (Å²) in [6.07, 6.45) is 1.65. The van der Waals surface area contributed by atoms with Gasteiger partial charge < -0.3 is 4.74 Å². The van der Waals surface area contributed by atoms with E-state index in [2.05, 4.69) is 26.5 Å². The number of nitrogens with two attached hydrogens (primary N) is 1. The Hall–Kier alpha value is -1.08. The first-order chi connectivity index (χ1) is 9.08. The molecule has 1 aromatic carbocycles. The van der Waals surface area contributed by atoms with E-state index >= 15 is 0 Å². The van der Waals surface area contributed by atoms with Crippen molar-refractivity contribution in [2.75, 3.05) is 7.11 Å². The third kappa shape index (κ3) is 2.76. The van der Waals surface area contributed by atoms with Gasteiger partial charge in [0.25, 0.3) is 0 Å². The van der Waals surface area contributed by atoms with Gasteiger partial charge >= 0.3 is 0 Å². The predicted octanol–water partition coefficient (Wildman–Crippen LogP) is 2.40. The predicted molar refractivity (Wildman–Crippen MR) is 78.1 cm³/mol. The molecule has 102 valence electrons. The minimum Gasteiger partial charge on any atom is -0.493 e. The second-order valence-electron chi connectivity index (χ2n) is 3.99. The number of aromatic nitrogens is 2. The Morgan fingerprint density at radius 2 is 2.26 bits per heavy atom. The number of hydrogen-bond donors (Lipinski definition) is 2. The monoisotopic (exact) mass is 344 g/mol. The van der Waals surface area contributed by atoms with Crippen molar-refractivity contribution in [1.82, 2.24) is 15.2 Å². The van der Waals surface area contributed by atoms with E-state index in [0.29, 0.717) is 10.8 Å². The summed E-state index contributed by atoms with van der Waals surface area (Å²) < 4.78 is 7.92. The SMILES string of the molecule is COc1cnn(C)c1C(NN)c1ccc(Br)cc1Cl. The number of rotatable bonds is 4. The number of halogens is 2. The fraction of sp³-hybridized carbons (Fsp3) is 0.250. The number of ether oxygens (including phenoxy) is 1. The van der Waals surface area contributed by atoms with Gasteiger partial charge in [-0.15, -0.1) is 0 Å². The summed E-state index contributed by atoms with van der Waals surface area (Å²) in [7, 11) is 3.42. The second kappa shape index (κ2) is 5.92. The van der Waals surface area contributed by atoms with E-state index < -0.39 is 0 Å². The fourth-order valence-electron chi connectivity index (χ4n) is 1.96. The molecule has 0 fully saturated rings. The molecule has 1 heterocycles. The van der Waals surface area contributed by atoms with Gasteiger partial charge in [0, 0.05) is 16.5 Å². The summed E-state index contributed by atoms with van der Waals surface area (Å²) in [5.74, 6) is 6.34. The minimum absolute atomic E-state index is 0.303. The number of nitrogens with zero attached hydrogens (tertiary/aromatic N) is 2. The molecule has 0 saturated heterocycles. The van der Waals surface area contributed by atoms with Crippen LogP contribution in [0.4, 0.5) is 0 Å². The molecule has 5 nitrogen and oxygen atoms in total. The van der Waals surface area contributed by atoms with Crippen molar-refractivity contribution < 1.29 is 4.74 Å². The Morgan fingerprint density at radius 1 is 1.53 bits per heavy atom. The van der Waals surface area contributed by atoms with Crippen LogP contribution in [0.2, 0.25) is 5.02 Å². The zero-order chi connectivity index (χ0) is 14.0. The summed E-state index contributed by atoms with van der Waals surface area (Å²) >= 11 is 9.65. The molecule has 7 heteroatoms. The fourth-order valence-corrected chi connectivity index (χ4v) is 2.75. The van der Waals surface area contributed by atoms with Crippen molar-refractivity contribution in [3.05, 3.63) is 45.1 Å². The lowest BCUT2D eigenvalue weighted by Gasteiger charge is -2.19. The second-order valence-corrected chi connectivity index (χ2v) is 5.31. The molecule has 1 atom stereocenters. The highest BCUT2D eigenvalue weighted by atomic mass is 79.9. The summed E-state index contributed by atoms with van der Waals surface area (Å²) in [4.78, 5) is 0. The first-order valence-corrected chi connectivity index (χ1v) is 6.72. The van der Waals surface area contributed by atoms with E-state index in [1.54, 1.807) is 18.0 Å². The lowest BCUT2D eigenvalue weighted by atomic mass is 10.0. The Kier molecular flexibility index (Phi) is 4.46. The lowest BCUT2D eigenvalue weighted by molar-refractivity contribution is 0.401. The molecule has 0 bridgehead atoms. The zero-order valence-electron chi connectivity index (χ0n) is 10.5. The van der Waals surface area contributed by atoms with Gasteiger partial charge in [-0.05, 0) is 17.7 Å². The highest BCUT2D eigenvalue weighted by Gasteiger charge is 2.23. The van der Waals surface area contributed by atoms with Crippen LogP contribution in [0.1, 0.15) is 17.3 Å². The highest BCUT2D eigenvalue weighted by molar-refractivity contribution is 9.10. The number of hydrogen-bond acceptors (Lipinski definition) is 4. The number of aryl methyl sites for hydroxylation is 1. The third-order valence-corrected chi connectivity index (χ3v) is 3.70. The average Bonchev–Trinajstić information content (AvgIpc) is 2.74. The summed E-state index contributed by atoms with van der Waals surface area (Å²) in [5.41, 5.74) is 4.43. The van der Waals surface area contributed by atoms with Crippen LogP contribution in [0.3, 0.4) is 0 Å². The molecular weight excluding hydrogens is 332 g/mol. The van der Waals surface area contributed by atoms with Crippen LogP contribution in [-0.4, -0.2) is 16.9 Å². The maximum Gasteiger partial charge on any atom is 0.161 e. The van der Waals surface area contributed by atoms with Gasteiger partial charge in [0.05, 0.1) is 19.3 Å². The molecule has 2 aromatic rings. The van der Waals surface area contributed by atoms with E-state index in [9.17, 15) is 0 Å². The van der Waals surface area contributed by atoms with Crippen molar-refractivity contribution in [3.63, 3.8) is 0 Å². The van der Waals surface area contributed by atoms with E-state index in [4.69, 9.17) is 22.2 Å². The van der Waals surface area contributed by atoms with Crippen molar-refractivity contribution >= 4 is 27.5 Å². The maximum atomic E-state index is 6.27. The van der Waals surface area contributed by atoms with Crippen molar-refractivity contribution in [3.8, 4) is 5.75 Å². The number of methoxy groups -OCH3 is 1. The van der Waals surface area contributed by atoms with E-state index in [0.717, 1.165) is 15.7 Å². The first-order valence-electron chi connectivity index (χ1n) is 5.55. The quantitative estimate of drug-likeness (QED) is 0.660. The molecule has 3 N–H and O–H groups in total. The third-order valence-electron chi connectivity index (χ3n) is 2.88. The van der Waals surface area contributed by atoms with Gasteiger partial charge in [-0.25, -0.2) is 5.43 Å². The standard InChI is InChI=1S/C12H14BrClN4O/c1-18-12(10(19-2)6-16-18)11(17-15)8-4-3-7(13)5-9(8)14/h3-6,11,17H,15H2,1-2H3. The molecule has 0 aliphatic carbocycles.